The largest absolute Gasteiger partial charge is 0.350 e. The summed E-state index contributed by atoms with van der Waals surface area (Å²) in [6.45, 7) is 0.749. The highest BCUT2D eigenvalue weighted by molar-refractivity contribution is 7.89. The van der Waals surface area contributed by atoms with Crippen LogP contribution in [-0.4, -0.2) is 56.5 Å². The molecule has 1 aliphatic carbocycles. The Hall–Kier alpha value is -2.66. The molecule has 2 fully saturated rings. The summed E-state index contributed by atoms with van der Waals surface area (Å²) in [4.78, 5) is 14.3. The molecule has 1 aliphatic heterocycles. The average molecular weight is 514 g/mol. The molecule has 2 amide bonds. The van der Waals surface area contributed by atoms with Gasteiger partial charge in [-0.3, -0.25) is 0 Å². The van der Waals surface area contributed by atoms with Gasteiger partial charge >= 0.3 is 11.8 Å². The highest BCUT2D eigenvalue weighted by Gasteiger charge is 2.62. The normalized spacial score (nSPS) is 21.9. The van der Waals surface area contributed by atoms with Gasteiger partial charge in [-0.15, -0.1) is 0 Å². The van der Waals surface area contributed by atoms with Crippen LogP contribution in [0.1, 0.15) is 25.3 Å². The number of hydrogen-bond acceptors (Lipinski definition) is 3. The van der Waals surface area contributed by atoms with Gasteiger partial charge in [0.15, 0.2) is 0 Å². The predicted octanol–water partition coefficient (Wildman–Crippen LogP) is 4.08. The van der Waals surface area contributed by atoms with E-state index in [0.717, 1.165) is 0 Å². The molecule has 35 heavy (non-hydrogen) atoms. The number of sulfonamides is 1. The number of amides is 2. The molecule has 0 bridgehead atoms. The molecule has 2 aromatic carbocycles. The van der Waals surface area contributed by atoms with Gasteiger partial charge in [-0.05, 0) is 37.3 Å². The number of benzene rings is 2. The Morgan fingerprint density at radius 1 is 1.14 bits per heavy atom. The molecular weight excluding hydrogens is 486 g/mol. The van der Waals surface area contributed by atoms with Gasteiger partial charge in [-0.25, -0.2) is 26.7 Å². The minimum absolute atomic E-state index is 0.0962. The van der Waals surface area contributed by atoms with Crippen molar-refractivity contribution in [2.24, 2.45) is 5.41 Å². The molecule has 4 rings (SSSR count). The Kier molecular flexibility index (Phi) is 7.10. The molecule has 190 valence electrons. The van der Waals surface area contributed by atoms with E-state index in [2.05, 4.69) is 10.0 Å². The van der Waals surface area contributed by atoms with E-state index >= 15 is 4.39 Å². The lowest BCUT2D eigenvalue weighted by atomic mass is 9.91. The van der Waals surface area contributed by atoms with Crippen molar-refractivity contribution >= 4 is 16.1 Å². The van der Waals surface area contributed by atoms with Gasteiger partial charge < -0.3 is 10.2 Å². The topological polar surface area (TPSA) is 78.5 Å². The Morgan fingerprint density at radius 2 is 1.83 bits per heavy atom. The number of likely N-dealkylation sites (tertiary alicyclic amines) is 1. The van der Waals surface area contributed by atoms with E-state index in [1.807, 2.05) is 0 Å². The smallest absolute Gasteiger partial charge is 0.333 e. The second kappa shape index (κ2) is 9.77. The predicted molar refractivity (Wildman–Crippen MR) is 124 cm³/mol. The Bertz CT molecular complexity index is 1180. The molecule has 11 heteroatoms. The van der Waals surface area contributed by atoms with E-state index in [1.54, 1.807) is 42.5 Å². The van der Waals surface area contributed by atoms with Gasteiger partial charge in [0.2, 0.25) is 0 Å². The Morgan fingerprint density at radius 3 is 2.43 bits per heavy atom. The molecule has 1 spiro atoms. The van der Waals surface area contributed by atoms with Gasteiger partial charge in [-0.2, -0.15) is 8.78 Å². The number of nitrogens with zero attached hydrogens (tertiary/aromatic N) is 1. The first-order valence-electron chi connectivity index (χ1n) is 11.3. The number of carbonyl (C=O) groups is 1. The van der Waals surface area contributed by atoms with E-state index in [4.69, 9.17) is 0 Å². The minimum Gasteiger partial charge on any atom is -0.333 e. The van der Waals surface area contributed by atoms with E-state index in [1.165, 1.54) is 17.9 Å². The summed E-state index contributed by atoms with van der Waals surface area (Å²) in [6, 6.07) is 10.2. The second-order valence-corrected chi connectivity index (χ2v) is 11.0. The fraction of sp³-hybridized carbons (Fsp3) is 0.458. The lowest BCUT2D eigenvalue weighted by molar-refractivity contribution is 0.182. The zero-order valence-electron chi connectivity index (χ0n) is 19.1. The molecule has 3 atom stereocenters. The number of alkyl halides is 3. The molecule has 0 unspecified atom stereocenters. The highest BCUT2D eigenvalue weighted by atomic mass is 32.2. The number of nitrogens with one attached hydrogen (secondary N) is 2. The van der Waals surface area contributed by atoms with Crippen LogP contribution in [0.3, 0.4) is 0 Å². The van der Waals surface area contributed by atoms with E-state index in [9.17, 15) is 26.4 Å². The summed E-state index contributed by atoms with van der Waals surface area (Å²) in [7, 11) is -4.97. The standard InChI is InChI=1S/C24H27F4N3O3S/c1-15(13-25)29-23(32)31-14-24(10-11-24)21(30-35(33,34)22(27)28)19(31)12-17-8-5-9-18(20(17)26)16-6-3-2-4-7-16/h2-9,15,19,21-22,30H,10-14H2,1H3,(H,29,32)/t15-,19+,21-/m1/s1. The fourth-order valence-corrected chi connectivity index (χ4v) is 5.65. The summed E-state index contributed by atoms with van der Waals surface area (Å²) in [6.07, 6.45) is 0.936. The SMILES string of the molecule is C[C@H](CF)NC(=O)N1CC2(CC2)[C@H](NS(=O)(=O)C(F)F)[C@@H]1Cc1cccc(-c2ccccc2)c1F. The molecule has 2 aromatic rings. The summed E-state index contributed by atoms with van der Waals surface area (Å²) < 4.78 is 81.4. The van der Waals surface area contributed by atoms with Crippen LogP contribution in [0.25, 0.3) is 11.1 Å². The lowest BCUT2D eigenvalue weighted by Crippen LogP contribution is -2.53. The molecule has 0 aromatic heterocycles. The van der Waals surface area contributed by atoms with Crippen molar-refractivity contribution in [3.8, 4) is 11.1 Å². The van der Waals surface area contributed by atoms with Crippen LogP contribution in [0.15, 0.2) is 48.5 Å². The molecular formula is C24H27F4N3O3S. The second-order valence-electron chi connectivity index (χ2n) is 9.31. The maximum absolute atomic E-state index is 15.6. The van der Waals surface area contributed by atoms with Gasteiger partial charge in [-0.1, -0.05) is 48.5 Å². The first-order chi connectivity index (χ1) is 16.6. The molecule has 1 heterocycles. The van der Waals surface area contributed by atoms with Gasteiger partial charge in [0.05, 0.1) is 18.1 Å². The minimum atomic E-state index is -4.97. The van der Waals surface area contributed by atoms with Crippen LogP contribution in [0.5, 0.6) is 0 Å². The molecule has 6 nitrogen and oxygen atoms in total. The van der Waals surface area contributed by atoms with Crippen molar-refractivity contribution in [3.05, 3.63) is 59.9 Å². The van der Waals surface area contributed by atoms with Crippen LogP contribution >= 0.6 is 0 Å². The Labute approximate surface area is 201 Å². The van der Waals surface area contributed by atoms with Crippen molar-refractivity contribution in [1.82, 2.24) is 14.9 Å². The first kappa shape index (κ1) is 25.4. The average Bonchev–Trinajstić information content (AvgIpc) is 3.55. The number of hydrogen-bond donors (Lipinski definition) is 2. The lowest BCUT2D eigenvalue weighted by Gasteiger charge is -2.30. The summed E-state index contributed by atoms with van der Waals surface area (Å²) in [5.74, 6) is -4.19. The molecule has 1 saturated heterocycles. The highest BCUT2D eigenvalue weighted by Crippen LogP contribution is 2.55. The third-order valence-electron chi connectivity index (χ3n) is 6.80. The van der Waals surface area contributed by atoms with Crippen molar-refractivity contribution in [3.63, 3.8) is 0 Å². The van der Waals surface area contributed by atoms with Gasteiger partial charge in [0, 0.05) is 17.5 Å². The molecule has 0 radical (unpaired) electrons. The zero-order valence-corrected chi connectivity index (χ0v) is 19.9. The van der Waals surface area contributed by atoms with Crippen molar-refractivity contribution < 1.29 is 30.8 Å². The van der Waals surface area contributed by atoms with Gasteiger partial charge in [0.25, 0.3) is 10.0 Å². The summed E-state index contributed by atoms with van der Waals surface area (Å²) in [5.41, 5.74) is 0.454. The quantitative estimate of drug-likeness (QED) is 0.523. The number of urea groups is 1. The number of rotatable bonds is 8. The van der Waals surface area contributed by atoms with Crippen LogP contribution in [0, 0.1) is 11.2 Å². The molecule has 2 aliphatic rings. The van der Waals surface area contributed by atoms with Crippen LogP contribution in [0.2, 0.25) is 0 Å². The van der Waals surface area contributed by atoms with E-state index in [-0.39, 0.29) is 18.5 Å². The van der Waals surface area contributed by atoms with Gasteiger partial charge in [0.1, 0.15) is 12.5 Å². The van der Waals surface area contributed by atoms with Crippen molar-refractivity contribution in [2.45, 2.75) is 50.1 Å². The molecule has 1 saturated carbocycles. The Balaban J connectivity index is 1.71. The van der Waals surface area contributed by atoms with E-state index < -0.39 is 57.8 Å². The van der Waals surface area contributed by atoms with Crippen molar-refractivity contribution in [1.29, 1.82) is 0 Å². The third-order valence-corrected chi connectivity index (χ3v) is 7.85. The first-order valence-corrected chi connectivity index (χ1v) is 12.9. The molecule has 2 N–H and O–H groups in total. The summed E-state index contributed by atoms with van der Waals surface area (Å²) >= 11 is 0. The fourth-order valence-electron chi connectivity index (χ4n) is 4.79. The van der Waals surface area contributed by atoms with Crippen LogP contribution < -0.4 is 10.0 Å². The maximum atomic E-state index is 15.6. The van der Waals surface area contributed by atoms with Crippen molar-refractivity contribution in [2.75, 3.05) is 13.2 Å². The monoisotopic (exact) mass is 513 g/mol. The zero-order chi connectivity index (χ0) is 25.4. The summed E-state index contributed by atoms with van der Waals surface area (Å²) in [5, 5.41) is 2.50. The van der Waals surface area contributed by atoms with Crippen LogP contribution in [-0.2, 0) is 16.4 Å². The number of halogens is 4. The third kappa shape index (κ3) is 5.16. The number of carbonyl (C=O) groups excluding carboxylic acids is 1. The maximum Gasteiger partial charge on any atom is 0.350 e. The van der Waals surface area contributed by atoms with Crippen LogP contribution in [0.4, 0.5) is 22.4 Å². The van der Waals surface area contributed by atoms with E-state index in [0.29, 0.717) is 24.0 Å².